The summed E-state index contributed by atoms with van der Waals surface area (Å²) in [7, 11) is 0. The van der Waals surface area contributed by atoms with E-state index >= 15 is 0 Å². The fourth-order valence-electron chi connectivity index (χ4n) is 0.571. The molecule has 0 amide bonds. The number of hydrogen-bond acceptors (Lipinski definition) is 0. The zero-order valence-corrected chi connectivity index (χ0v) is 6.27. The van der Waals surface area contributed by atoms with Gasteiger partial charge in [-0.3, -0.25) is 0 Å². The van der Waals surface area contributed by atoms with Gasteiger partial charge in [0.05, 0.1) is 0 Å². The molecule has 0 saturated heterocycles. The van der Waals surface area contributed by atoms with Gasteiger partial charge >= 0.3 is 54.2 Å². The summed E-state index contributed by atoms with van der Waals surface area (Å²) >= 11 is 2.75. The minimum atomic E-state index is 0. The molecule has 0 aromatic heterocycles. The molecular formula is C6H15Al. The molecule has 42 valence electrons. The Hall–Kier alpha value is 0.532. The summed E-state index contributed by atoms with van der Waals surface area (Å²) in [4.78, 5) is 0. The second-order valence-corrected chi connectivity index (χ2v) is 2.43. The molecule has 0 aromatic rings. The van der Waals surface area contributed by atoms with E-state index in [2.05, 4.69) is 23.2 Å². The van der Waals surface area contributed by atoms with Crippen LogP contribution < -0.4 is 0 Å². The Morgan fingerprint density at radius 3 is 2.43 bits per heavy atom. The van der Waals surface area contributed by atoms with Gasteiger partial charge in [0.25, 0.3) is 0 Å². The Morgan fingerprint density at radius 1 is 1.29 bits per heavy atom. The fraction of sp³-hybridized carbons (Fsp3) is 1.00. The quantitative estimate of drug-likeness (QED) is 0.389. The van der Waals surface area contributed by atoms with Crippen LogP contribution in [0.4, 0.5) is 0 Å². The number of hydrogen-bond donors (Lipinski definition) is 0. The van der Waals surface area contributed by atoms with E-state index in [1.54, 1.807) is 0 Å². The van der Waals surface area contributed by atoms with Crippen LogP contribution in [-0.2, 0) is 0 Å². The number of rotatable bonds is 4. The molecule has 7 heavy (non-hydrogen) atoms. The largest absolute Gasteiger partial charge is 1.00 e. The van der Waals surface area contributed by atoms with Gasteiger partial charge in [-0.1, -0.05) is 0 Å². The molecule has 0 atom stereocenters. The van der Waals surface area contributed by atoms with E-state index in [1.165, 1.54) is 31.0 Å². The summed E-state index contributed by atoms with van der Waals surface area (Å²) in [6.45, 7) is 2.24. The summed E-state index contributed by atoms with van der Waals surface area (Å²) in [5, 5.41) is 1.28. The maximum atomic E-state index is 2.75. The number of unbranched alkanes of at least 4 members (excludes halogenated alkanes) is 3. The van der Waals surface area contributed by atoms with Gasteiger partial charge < -0.3 is 2.85 Å². The van der Waals surface area contributed by atoms with E-state index in [0.29, 0.717) is 0 Å². The van der Waals surface area contributed by atoms with Gasteiger partial charge in [0.15, 0.2) is 0 Å². The molecule has 0 aromatic carbocycles. The standard InChI is InChI=1S/C6H13.Al.2H/c1-3-5-6-4-2;;;/h1,3-6H2,2H3;;;/q;+2;2*-1. The fourth-order valence-corrected chi connectivity index (χ4v) is 0.860. The van der Waals surface area contributed by atoms with Crippen LogP contribution in [0.15, 0.2) is 0 Å². The topological polar surface area (TPSA) is 0 Å². The summed E-state index contributed by atoms with van der Waals surface area (Å²) in [6.07, 6.45) is 5.57. The Morgan fingerprint density at radius 2 is 2.00 bits per heavy atom. The normalized spacial score (nSPS) is 9.57. The average Bonchev–Trinajstić information content (AvgIpc) is 1.69. The van der Waals surface area contributed by atoms with Crippen molar-refractivity contribution in [3.8, 4) is 0 Å². The third-order valence-electron chi connectivity index (χ3n) is 1.06. The van der Waals surface area contributed by atoms with E-state index in [-0.39, 0.29) is 2.85 Å². The maximum Gasteiger partial charge on any atom is -1.00 e. The van der Waals surface area contributed by atoms with Gasteiger partial charge in [0, 0.05) is 0 Å². The molecule has 0 bridgehead atoms. The van der Waals surface area contributed by atoms with Gasteiger partial charge in [-0.2, -0.15) is 0 Å². The zero-order chi connectivity index (χ0) is 5.54. The van der Waals surface area contributed by atoms with Crippen molar-refractivity contribution in [2.45, 2.75) is 37.9 Å². The molecule has 0 radical (unpaired) electrons. The third-order valence-corrected chi connectivity index (χ3v) is 1.47. The van der Waals surface area contributed by atoms with Crippen molar-refractivity contribution in [1.82, 2.24) is 0 Å². The molecule has 0 rings (SSSR count). The molecule has 0 unspecified atom stereocenters. The summed E-state index contributed by atoms with van der Waals surface area (Å²) < 4.78 is 0. The molecular weight excluding hydrogens is 99.0 g/mol. The van der Waals surface area contributed by atoms with E-state index in [9.17, 15) is 0 Å². The van der Waals surface area contributed by atoms with E-state index in [0.717, 1.165) is 0 Å². The third kappa shape index (κ3) is 6.53. The van der Waals surface area contributed by atoms with Crippen molar-refractivity contribution < 1.29 is 2.85 Å². The van der Waals surface area contributed by atoms with E-state index in [4.69, 9.17) is 0 Å². The molecule has 0 heterocycles. The molecule has 0 N–H and O–H groups in total. The van der Waals surface area contributed by atoms with Crippen molar-refractivity contribution in [2.24, 2.45) is 0 Å². The smallest absolute Gasteiger partial charge is 1.00 e. The van der Waals surface area contributed by atoms with Gasteiger partial charge in [-0.25, -0.2) is 0 Å². The first-order valence-corrected chi connectivity index (χ1v) is 3.93. The minimum absolute atomic E-state index is 0. The van der Waals surface area contributed by atoms with E-state index < -0.39 is 0 Å². The van der Waals surface area contributed by atoms with Gasteiger partial charge in [-0.15, -0.1) is 0 Å². The molecule has 0 nitrogen and oxygen atoms in total. The molecule has 0 fully saturated rings. The molecule has 0 aliphatic rings. The first kappa shape index (κ1) is 7.53. The van der Waals surface area contributed by atoms with Crippen LogP contribution in [0.1, 0.15) is 35.5 Å². The van der Waals surface area contributed by atoms with Crippen molar-refractivity contribution in [2.75, 3.05) is 0 Å². The van der Waals surface area contributed by atoms with Crippen LogP contribution in [0.25, 0.3) is 0 Å². The van der Waals surface area contributed by atoms with Crippen LogP contribution >= 0.6 is 0 Å². The summed E-state index contributed by atoms with van der Waals surface area (Å²) in [5.41, 5.74) is 0. The second kappa shape index (κ2) is 6.53. The van der Waals surface area contributed by atoms with Gasteiger partial charge in [0.1, 0.15) is 0 Å². The van der Waals surface area contributed by atoms with Crippen LogP contribution in [0.2, 0.25) is 5.28 Å². The Labute approximate surface area is 57.7 Å². The average molecular weight is 114 g/mol. The maximum absolute atomic E-state index is 2.75. The molecule has 1 heteroatoms. The Kier molecular flexibility index (Phi) is 7.03. The second-order valence-electron chi connectivity index (χ2n) is 1.85. The van der Waals surface area contributed by atoms with Crippen LogP contribution in [0, 0.1) is 0 Å². The van der Waals surface area contributed by atoms with Crippen LogP contribution in [0.3, 0.4) is 0 Å². The summed E-state index contributed by atoms with van der Waals surface area (Å²) in [6, 6.07) is 0. The predicted molar refractivity (Wildman–Crippen MR) is 36.9 cm³/mol. The van der Waals surface area contributed by atoms with E-state index in [1.807, 2.05) is 0 Å². The predicted octanol–water partition coefficient (Wildman–Crippen LogP) is 2.38. The Bertz CT molecular complexity index is 30.2. The molecule has 0 aliphatic heterocycles. The van der Waals surface area contributed by atoms with Crippen molar-refractivity contribution in [3.63, 3.8) is 0 Å². The SMILES string of the molecule is CCCCC[CH2][Al+2].[H-].[H-]. The monoisotopic (exact) mass is 114 g/mol. The first-order valence-electron chi connectivity index (χ1n) is 3.12. The zero-order valence-electron chi connectivity index (χ0n) is 7.11. The molecule has 0 spiro atoms. The van der Waals surface area contributed by atoms with Crippen LogP contribution in [0.5, 0.6) is 0 Å². The van der Waals surface area contributed by atoms with Gasteiger partial charge in [-0.05, 0) is 0 Å². The van der Waals surface area contributed by atoms with Crippen molar-refractivity contribution in [3.05, 3.63) is 0 Å². The Balaban J connectivity index is -0.000000180. The van der Waals surface area contributed by atoms with Crippen LogP contribution in [-0.4, -0.2) is 16.3 Å². The molecule has 0 aliphatic carbocycles. The first-order chi connectivity index (χ1) is 3.41. The molecule has 0 saturated carbocycles. The van der Waals surface area contributed by atoms with Crippen molar-refractivity contribution in [1.29, 1.82) is 0 Å². The van der Waals surface area contributed by atoms with Gasteiger partial charge in [0.2, 0.25) is 0 Å². The minimum Gasteiger partial charge on any atom is -1.00 e. The van der Waals surface area contributed by atoms with Crippen molar-refractivity contribution >= 4 is 16.3 Å². The summed E-state index contributed by atoms with van der Waals surface area (Å²) in [5.74, 6) is 0.